The minimum atomic E-state index is -4.59. The van der Waals surface area contributed by atoms with Gasteiger partial charge in [-0.25, -0.2) is 9.78 Å². The van der Waals surface area contributed by atoms with Crippen molar-refractivity contribution in [2.75, 3.05) is 13.1 Å². The maximum Gasteiger partial charge on any atom is 0.434 e. The van der Waals surface area contributed by atoms with Crippen molar-refractivity contribution < 1.29 is 22.7 Å². The molecule has 0 bridgehead atoms. The van der Waals surface area contributed by atoms with Crippen LogP contribution in [0.25, 0.3) is 11.4 Å². The van der Waals surface area contributed by atoms with Crippen LogP contribution in [0.5, 0.6) is 0 Å². The number of ether oxygens (including phenoxy) is 1. The Morgan fingerprint density at radius 1 is 1.13 bits per heavy atom. The summed E-state index contributed by atoms with van der Waals surface area (Å²) >= 11 is 0. The van der Waals surface area contributed by atoms with E-state index >= 15 is 0 Å². The fourth-order valence-electron chi connectivity index (χ4n) is 3.31. The summed E-state index contributed by atoms with van der Waals surface area (Å²) in [6, 6.07) is 17.0. The molecule has 9 heteroatoms. The van der Waals surface area contributed by atoms with Crippen LogP contribution in [0.4, 0.5) is 18.0 Å². The van der Waals surface area contributed by atoms with E-state index in [9.17, 15) is 18.0 Å². The largest absolute Gasteiger partial charge is 0.445 e. The monoisotopic (exact) mass is 426 g/mol. The molecule has 6 nitrogen and oxygen atoms in total. The minimum Gasteiger partial charge on any atom is -0.445 e. The summed E-state index contributed by atoms with van der Waals surface area (Å²) < 4.78 is 46.5. The number of benzene rings is 2. The molecule has 2 aromatic carbocycles. The van der Waals surface area contributed by atoms with Gasteiger partial charge in [0.15, 0.2) is 5.69 Å². The van der Waals surface area contributed by atoms with Gasteiger partial charge in [-0.05, 0) is 29.8 Å². The minimum absolute atomic E-state index is 0.126. The van der Waals surface area contributed by atoms with Crippen LogP contribution in [-0.4, -0.2) is 33.6 Å². The maximum atomic E-state index is 13.3. The lowest BCUT2D eigenvalue weighted by molar-refractivity contribution is -0.141. The predicted molar refractivity (Wildman–Crippen MR) is 105 cm³/mol. The van der Waals surface area contributed by atoms with Crippen molar-refractivity contribution in [2.45, 2.75) is 18.8 Å². The third kappa shape index (κ3) is 4.38. The van der Waals surface area contributed by atoms with Crippen molar-refractivity contribution in [3.05, 3.63) is 77.6 Å². The Hall–Kier alpha value is -3.80. The summed E-state index contributed by atoms with van der Waals surface area (Å²) in [6.45, 7) is 0.551. The zero-order chi connectivity index (χ0) is 22.0. The van der Waals surface area contributed by atoms with E-state index in [4.69, 9.17) is 10.00 Å². The number of imidazole rings is 1. The summed E-state index contributed by atoms with van der Waals surface area (Å²) in [5.74, 6) is 0.138. The molecule has 0 unspecified atom stereocenters. The molecule has 0 aliphatic carbocycles. The number of likely N-dealkylation sites (tertiary alicyclic amines) is 1. The Bertz CT molecular complexity index is 1110. The van der Waals surface area contributed by atoms with Crippen LogP contribution < -0.4 is 0 Å². The van der Waals surface area contributed by atoms with Crippen LogP contribution in [0.2, 0.25) is 0 Å². The highest BCUT2D eigenvalue weighted by molar-refractivity contribution is 5.69. The topological polar surface area (TPSA) is 71.2 Å². The standard InChI is InChI=1S/C22H17F3N4O2/c23-22(24,25)19-13-29(20(27-19)17-8-6-15(10-26)7-9-17)18-11-28(12-18)21(30)31-14-16-4-2-1-3-5-16/h1-9,13,18H,11-12,14H2. The second-order valence-corrected chi connectivity index (χ2v) is 7.14. The highest BCUT2D eigenvalue weighted by Crippen LogP contribution is 2.35. The number of hydrogen-bond donors (Lipinski definition) is 0. The zero-order valence-corrected chi connectivity index (χ0v) is 16.2. The van der Waals surface area contributed by atoms with E-state index in [2.05, 4.69) is 4.98 Å². The first-order valence-electron chi connectivity index (χ1n) is 9.47. The quantitative estimate of drug-likeness (QED) is 0.610. The number of amides is 1. The summed E-state index contributed by atoms with van der Waals surface area (Å²) in [5.41, 5.74) is 0.700. The van der Waals surface area contributed by atoms with Crippen molar-refractivity contribution in [3.63, 3.8) is 0 Å². The smallest absolute Gasteiger partial charge is 0.434 e. The predicted octanol–water partition coefficient (Wildman–Crippen LogP) is 4.63. The van der Waals surface area contributed by atoms with Gasteiger partial charge >= 0.3 is 12.3 Å². The molecule has 1 aromatic heterocycles. The lowest BCUT2D eigenvalue weighted by atomic mass is 10.1. The Kier molecular flexibility index (Phi) is 5.38. The average Bonchev–Trinajstić information content (AvgIpc) is 3.17. The van der Waals surface area contributed by atoms with Gasteiger partial charge in [0.25, 0.3) is 0 Å². The fourth-order valence-corrected chi connectivity index (χ4v) is 3.31. The lowest BCUT2D eigenvalue weighted by Crippen LogP contribution is -2.50. The van der Waals surface area contributed by atoms with Gasteiger partial charge in [0.05, 0.1) is 17.7 Å². The van der Waals surface area contributed by atoms with Gasteiger partial charge in [0.2, 0.25) is 0 Å². The zero-order valence-electron chi connectivity index (χ0n) is 16.2. The molecule has 0 N–H and O–H groups in total. The molecule has 1 aliphatic rings. The molecule has 1 saturated heterocycles. The van der Waals surface area contributed by atoms with Crippen molar-refractivity contribution >= 4 is 6.09 Å². The SMILES string of the molecule is N#Cc1ccc(-c2nc(C(F)(F)F)cn2C2CN(C(=O)OCc3ccccc3)C2)cc1. The highest BCUT2D eigenvalue weighted by atomic mass is 19.4. The number of rotatable bonds is 4. The average molecular weight is 426 g/mol. The van der Waals surface area contributed by atoms with E-state index in [0.29, 0.717) is 11.1 Å². The number of nitriles is 1. The summed E-state index contributed by atoms with van der Waals surface area (Å²) in [5, 5.41) is 8.93. The summed E-state index contributed by atoms with van der Waals surface area (Å²) in [4.78, 5) is 17.4. The van der Waals surface area contributed by atoms with Gasteiger partial charge < -0.3 is 14.2 Å². The van der Waals surface area contributed by atoms with Crippen LogP contribution in [0.15, 0.2) is 60.8 Å². The van der Waals surface area contributed by atoms with Gasteiger partial charge in [0.1, 0.15) is 12.4 Å². The van der Waals surface area contributed by atoms with Gasteiger partial charge in [-0.1, -0.05) is 30.3 Å². The van der Waals surface area contributed by atoms with Crippen LogP contribution in [0.3, 0.4) is 0 Å². The van der Waals surface area contributed by atoms with Gasteiger partial charge in [0, 0.05) is 24.8 Å². The van der Waals surface area contributed by atoms with E-state index < -0.39 is 18.0 Å². The highest BCUT2D eigenvalue weighted by Gasteiger charge is 2.39. The third-order valence-corrected chi connectivity index (χ3v) is 5.01. The molecular weight excluding hydrogens is 409 g/mol. The lowest BCUT2D eigenvalue weighted by Gasteiger charge is -2.39. The Labute approximate surface area is 176 Å². The Morgan fingerprint density at radius 2 is 1.81 bits per heavy atom. The molecular formula is C22H17F3N4O2. The van der Waals surface area contributed by atoms with Crippen LogP contribution in [-0.2, 0) is 17.5 Å². The maximum absolute atomic E-state index is 13.3. The number of alkyl halides is 3. The molecule has 4 rings (SSSR count). The molecule has 31 heavy (non-hydrogen) atoms. The molecule has 1 aliphatic heterocycles. The first-order valence-corrected chi connectivity index (χ1v) is 9.47. The van der Waals surface area contributed by atoms with E-state index in [0.717, 1.165) is 11.8 Å². The third-order valence-electron chi connectivity index (χ3n) is 5.01. The molecule has 0 spiro atoms. The van der Waals surface area contributed by atoms with E-state index in [-0.39, 0.29) is 31.6 Å². The first kappa shape index (κ1) is 20.5. The molecule has 0 radical (unpaired) electrons. The van der Waals surface area contributed by atoms with Crippen molar-refractivity contribution in [2.24, 2.45) is 0 Å². The number of carbonyl (C=O) groups excluding carboxylic acids is 1. The molecule has 1 amide bonds. The van der Waals surface area contributed by atoms with E-state index in [1.54, 1.807) is 12.1 Å². The van der Waals surface area contributed by atoms with Gasteiger partial charge in [-0.15, -0.1) is 0 Å². The molecule has 3 aromatic rings. The van der Waals surface area contributed by atoms with Crippen LogP contribution in [0, 0.1) is 11.3 Å². The van der Waals surface area contributed by atoms with Gasteiger partial charge in [-0.3, -0.25) is 0 Å². The van der Waals surface area contributed by atoms with E-state index in [1.165, 1.54) is 21.6 Å². The van der Waals surface area contributed by atoms with E-state index in [1.807, 2.05) is 36.4 Å². The normalized spacial score (nSPS) is 14.1. The Morgan fingerprint density at radius 3 is 2.42 bits per heavy atom. The molecule has 0 atom stereocenters. The fraction of sp³-hybridized carbons (Fsp3) is 0.227. The van der Waals surface area contributed by atoms with Gasteiger partial charge in [-0.2, -0.15) is 18.4 Å². The van der Waals surface area contributed by atoms with Crippen molar-refractivity contribution in [1.82, 2.24) is 14.5 Å². The number of carbonyl (C=O) groups is 1. The van der Waals surface area contributed by atoms with Crippen LogP contribution in [0.1, 0.15) is 22.9 Å². The number of hydrogen-bond acceptors (Lipinski definition) is 4. The van der Waals surface area contributed by atoms with Crippen LogP contribution >= 0.6 is 0 Å². The van der Waals surface area contributed by atoms with Crippen molar-refractivity contribution in [1.29, 1.82) is 5.26 Å². The molecule has 0 saturated carbocycles. The second kappa shape index (κ2) is 8.14. The molecule has 158 valence electrons. The number of aromatic nitrogens is 2. The number of halogens is 3. The molecule has 1 fully saturated rings. The molecule has 2 heterocycles. The first-order chi connectivity index (χ1) is 14.8. The second-order valence-electron chi connectivity index (χ2n) is 7.14. The summed E-state index contributed by atoms with van der Waals surface area (Å²) in [6.07, 6.45) is -4.15. The number of nitrogens with zero attached hydrogens (tertiary/aromatic N) is 4. The van der Waals surface area contributed by atoms with Crippen molar-refractivity contribution in [3.8, 4) is 17.5 Å². The Balaban J connectivity index is 1.48. The summed E-state index contributed by atoms with van der Waals surface area (Å²) in [7, 11) is 0.